The highest BCUT2D eigenvalue weighted by atomic mass is 79.9. The van der Waals surface area contributed by atoms with Gasteiger partial charge in [0.15, 0.2) is 0 Å². The molecule has 0 N–H and O–H groups in total. The first-order chi connectivity index (χ1) is 4.20. The van der Waals surface area contributed by atoms with Gasteiger partial charge in [-0.3, -0.25) is 0 Å². The lowest BCUT2D eigenvalue weighted by Crippen LogP contribution is -1.68. The Morgan fingerprint density at radius 3 is 2.44 bits per heavy atom. The van der Waals surface area contributed by atoms with Gasteiger partial charge in [-0.1, -0.05) is 27.5 Å². The summed E-state index contributed by atoms with van der Waals surface area (Å²) in [4.78, 5) is 0. The largest absolute Gasteiger partial charge is 0.0824 e. The second-order valence-electron chi connectivity index (χ2n) is 1.47. The lowest BCUT2D eigenvalue weighted by atomic mass is 10.4. The molecule has 0 fully saturated rings. The number of hydrogen-bond donors (Lipinski definition) is 0. The van der Waals surface area contributed by atoms with Gasteiger partial charge in [-0.05, 0) is 28.1 Å². The van der Waals surface area contributed by atoms with E-state index < -0.39 is 0 Å². The normalized spacial score (nSPS) is 9.67. The van der Waals surface area contributed by atoms with E-state index in [1.807, 2.05) is 12.1 Å². The predicted octanol–water partition coefficient (Wildman–Crippen LogP) is 3.67. The Balaban J connectivity index is 3.17. The van der Waals surface area contributed by atoms with Gasteiger partial charge in [0.2, 0.25) is 0 Å². The highest BCUT2D eigenvalue weighted by Gasteiger charge is 1.95. The third-order valence-corrected chi connectivity index (χ3v) is 2.46. The Morgan fingerprint density at radius 1 is 1.33 bits per heavy atom. The van der Waals surface area contributed by atoms with Crippen LogP contribution in [0.5, 0.6) is 0 Å². The van der Waals surface area contributed by atoms with E-state index in [0.717, 1.165) is 8.95 Å². The van der Waals surface area contributed by atoms with E-state index in [0.29, 0.717) is 5.02 Å². The average molecular weight is 269 g/mol. The molecular formula is C6H2Br2Cl. The van der Waals surface area contributed by atoms with E-state index in [1.165, 1.54) is 0 Å². The van der Waals surface area contributed by atoms with E-state index >= 15 is 0 Å². The van der Waals surface area contributed by atoms with Gasteiger partial charge >= 0.3 is 0 Å². The van der Waals surface area contributed by atoms with Gasteiger partial charge < -0.3 is 0 Å². The smallest absolute Gasteiger partial charge is 0.0638 e. The summed E-state index contributed by atoms with van der Waals surface area (Å²) in [5, 5.41) is 0.601. The monoisotopic (exact) mass is 267 g/mol. The van der Waals surface area contributed by atoms with Crippen LogP contribution in [0.2, 0.25) is 5.02 Å². The van der Waals surface area contributed by atoms with Crippen LogP contribution in [0.25, 0.3) is 0 Å². The summed E-state index contributed by atoms with van der Waals surface area (Å²) in [6, 6.07) is 6.61. The summed E-state index contributed by atoms with van der Waals surface area (Å²) in [5.74, 6) is 0. The minimum absolute atomic E-state index is 0.601. The highest BCUT2D eigenvalue weighted by molar-refractivity contribution is 9.11. The van der Waals surface area contributed by atoms with Crippen molar-refractivity contribution >= 4 is 43.5 Å². The minimum Gasteiger partial charge on any atom is -0.0824 e. The van der Waals surface area contributed by atoms with Gasteiger partial charge in [0.1, 0.15) is 0 Å². The molecular weight excluding hydrogens is 267 g/mol. The molecule has 0 unspecified atom stereocenters. The predicted molar refractivity (Wildman–Crippen MR) is 45.7 cm³/mol. The van der Waals surface area contributed by atoms with Gasteiger partial charge in [0.25, 0.3) is 0 Å². The maximum atomic E-state index is 5.68. The zero-order chi connectivity index (χ0) is 6.85. The van der Waals surface area contributed by atoms with Gasteiger partial charge in [0.05, 0.1) is 5.02 Å². The average Bonchev–Trinajstić information content (AvgIpc) is 1.80. The molecule has 0 atom stereocenters. The maximum Gasteiger partial charge on any atom is 0.0638 e. The van der Waals surface area contributed by atoms with Crippen molar-refractivity contribution in [1.29, 1.82) is 0 Å². The Hall–Kier alpha value is 0.470. The van der Waals surface area contributed by atoms with Crippen molar-refractivity contribution < 1.29 is 0 Å². The van der Waals surface area contributed by atoms with E-state index in [1.54, 1.807) is 0 Å². The molecule has 0 aliphatic heterocycles. The molecule has 0 aliphatic carbocycles. The molecule has 1 rings (SSSR count). The van der Waals surface area contributed by atoms with Gasteiger partial charge in [0, 0.05) is 15.0 Å². The Morgan fingerprint density at radius 2 is 2.00 bits per heavy atom. The van der Waals surface area contributed by atoms with Crippen LogP contribution in [0, 0.1) is 6.07 Å². The van der Waals surface area contributed by atoms with Crippen molar-refractivity contribution in [3.05, 3.63) is 32.2 Å². The van der Waals surface area contributed by atoms with E-state index in [2.05, 4.69) is 37.9 Å². The standard InChI is InChI=1S/C6H2Br2Cl/c7-4-1-2-5(8)6(9)3-4/h1-2H. The zero-order valence-corrected chi connectivity index (χ0v) is 8.22. The summed E-state index contributed by atoms with van der Waals surface area (Å²) in [6.45, 7) is 0. The second kappa shape index (κ2) is 3.04. The molecule has 0 spiro atoms. The summed E-state index contributed by atoms with van der Waals surface area (Å²) >= 11 is 12.2. The molecule has 0 aromatic heterocycles. The fourth-order valence-corrected chi connectivity index (χ4v) is 1.27. The molecule has 9 heavy (non-hydrogen) atoms. The van der Waals surface area contributed by atoms with Crippen LogP contribution in [0.1, 0.15) is 0 Å². The summed E-state index contributed by atoms with van der Waals surface area (Å²) in [5.41, 5.74) is 0. The molecule has 0 nitrogen and oxygen atoms in total. The Labute approximate surface area is 75.5 Å². The first-order valence-corrected chi connectivity index (χ1v) is 4.19. The zero-order valence-electron chi connectivity index (χ0n) is 4.29. The van der Waals surface area contributed by atoms with Crippen LogP contribution in [-0.2, 0) is 0 Å². The third kappa shape index (κ3) is 1.95. The van der Waals surface area contributed by atoms with Crippen LogP contribution in [0.4, 0.5) is 0 Å². The summed E-state index contributed by atoms with van der Waals surface area (Å²) in [7, 11) is 0. The van der Waals surface area contributed by atoms with Crippen LogP contribution in [-0.4, -0.2) is 0 Å². The molecule has 0 saturated heterocycles. The first kappa shape index (κ1) is 7.58. The number of hydrogen-bond acceptors (Lipinski definition) is 0. The molecule has 0 heterocycles. The number of rotatable bonds is 0. The van der Waals surface area contributed by atoms with E-state index in [-0.39, 0.29) is 0 Å². The third-order valence-electron chi connectivity index (χ3n) is 0.815. The summed E-state index contributed by atoms with van der Waals surface area (Å²) in [6.07, 6.45) is 0. The lowest BCUT2D eigenvalue weighted by Gasteiger charge is -1.92. The van der Waals surface area contributed by atoms with E-state index in [4.69, 9.17) is 11.6 Å². The minimum atomic E-state index is 0.601. The molecule has 3 heteroatoms. The topological polar surface area (TPSA) is 0 Å². The fraction of sp³-hybridized carbons (Fsp3) is 0. The van der Waals surface area contributed by atoms with Crippen LogP contribution in [0.3, 0.4) is 0 Å². The van der Waals surface area contributed by atoms with Crippen molar-refractivity contribution in [1.82, 2.24) is 0 Å². The summed E-state index contributed by atoms with van der Waals surface area (Å²) < 4.78 is 1.74. The quantitative estimate of drug-likeness (QED) is 0.630. The highest BCUT2D eigenvalue weighted by Crippen LogP contribution is 2.24. The van der Waals surface area contributed by atoms with Crippen LogP contribution < -0.4 is 0 Å². The van der Waals surface area contributed by atoms with E-state index in [9.17, 15) is 0 Å². The Bertz CT molecular complexity index is 222. The number of benzene rings is 1. The molecule has 0 amide bonds. The lowest BCUT2D eigenvalue weighted by molar-refractivity contribution is 1.59. The van der Waals surface area contributed by atoms with Gasteiger partial charge in [-0.25, -0.2) is 0 Å². The number of halogens is 3. The van der Waals surface area contributed by atoms with Crippen molar-refractivity contribution in [3.63, 3.8) is 0 Å². The molecule has 0 saturated carbocycles. The molecule has 1 radical (unpaired) electrons. The maximum absolute atomic E-state index is 5.68. The van der Waals surface area contributed by atoms with Crippen LogP contribution in [0.15, 0.2) is 21.1 Å². The molecule has 0 aliphatic rings. The fourth-order valence-electron chi connectivity index (χ4n) is 0.426. The molecule has 0 bridgehead atoms. The second-order valence-corrected chi connectivity index (χ2v) is 3.55. The van der Waals surface area contributed by atoms with Gasteiger partial charge in [-0.2, -0.15) is 0 Å². The Kier molecular flexibility index (Phi) is 2.56. The van der Waals surface area contributed by atoms with Crippen LogP contribution >= 0.6 is 43.5 Å². The van der Waals surface area contributed by atoms with Crippen molar-refractivity contribution in [2.75, 3.05) is 0 Å². The van der Waals surface area contributed by atoms with Crippen molar-refractivity contribution in [2.24, 2.45) is 0 Å². The first-order valence-electron chi connectivity index (χ1n) is 2.23. The molecule has 1 aromatic rings. The van der Waals surface area contributed by atoms with Gasteiger partial charge in [-0.15, -0.1) is 0 Å². The SMILES string of the molecule is Clc1[c]c(Br)ccc1Br. The van der Waals surface area contributed by atoms with Crippen molar-refractivity contribution in [2.45, 2.75) is 0 Å². The molecule has 47 valence electrons. The van der Waals surface area contributed by atoms with Crippen molar-refractivity contribution in [3.8, 4) is 0 Å². The molecule has 1 aromatic carbocycles.